The van der Waals surface area contributed by atoms with Crippen LogP contribution in [0.15, 0.2) is 49.1 Å². The number of amides is 2. The molecule has 2 N–H and O–H groups in total. The number of likely N-dealkylation sites (tertiary alicyclic amines) is 2. The number of hydrogen-bond donors (Lipinski definition) is 2. The van der Waals surface area contributed by atoms with Gasteiger partial charge in [0.1, 0.15) is 0 Å². The molecule has 1 aromatic carbocycles. The van der Waals surface area contributed by atoms with Crippen LogP contribution in [0, 0.1) is 5.92 Å². The second-order valence-electron chi connectivity index (χ2n) is 12.9. The van der Waals surface area contributed by atoms with E-state index in [-0.39, 0.29) is 11.1 Å². The van der Waals surface area contributed by atoms with Crippen molar-refractivity contribution in [2.45, 2.75) is 77.4 Å². The highest BCUT2D eigenvalue weighted by molar-refractivity contribution is 6.40. The van der Waals surface area contributed by atoms with Crippen LogP contribution < -0.4 is 5.32 Å². The summed E-state index contributed by atoms with van der Waals surface area (Å²) in [5, 5.41) is 16.1. The number of benzene rings is 1. The van der Waals surface area contributed by atoms with E-state index in [1.165, 1.54) is 11.6 Å². The highest BCUT2D eigenvalue weighted by Crippen LogP contribution is 2.42. The molecule has 2 saturated heterocycles. The third-order valence-electron chi connectivity index (χ3n) is 8.83. The summed E-state index contributed by atoms with van der Waals surface area (Å²) in [6.07, 6.45) is 11.3. The normalized spacial score (nSPS) is 20.9. The topological polar surface area (TPSA) is 112 Å². The number of aromatic amines is 1. The monoisotopic (exact) mass is 558 g/mol. The van der Waals surface area contributed by atoms with Crippen molar-refractivity contribution in [3.05, 3.63) is 49.1 Å². The standard InChI is InChI=1S/C17H25N3.C14H17N5O2/c1-16(2)10-14(11-17(3,4)19(16)5)20-12-13-8-6-7-9-15(13)18-20;1-9-3-2-4-19(8-9)14(21)13(20)17-11-7-15-5-10-6-16-18-12(10)11/h6-9,12,14H,10-11H2,1-5H3;5-7,9H,2-4,8H2,1H3,(H,16,18)(H,17,20). The lowest BCUT2D eigenvalue weighted by Gasteiger charge is -2.53. The predicted molar refractivity (Wildman–Crippen MR) is 161 cm³/mol. The van der Waals surface area contributed by atoms with E-state index < -0.39 is 11.8 Å². The van der Waals surface area contributed by atoms with Crippen LogP contribution in [0.1, 0.15) is 66.3 Å². The quantitative estimate of drug-likeness (QED) is 0.334. The van der Waals surface area contributed by atoms with E-state index in [2.05, 4.69) is 102 Å². The fourth-order valence-corrected chi connectivity index (χ4v) is 6.33. The molecular formula is C31H42N8O2. The van der Waals surface area contributed by atoms with E-state index in [0.29, 0.717) is 36.3 Å². The fraction of sp³-hybridized carbons (Fsp3) is 0.516. The van der Waals surface area contributed by atoms with Crippen LogP contribution >= 0.6 is 0 Å². The van der Waals surface area contributed by atoms with Gasteiger partial charge in [0.2, 0.25) is 0 Å². The Bertz CT molecular complexity index is 1490. The number of nitrogens with zero attached hydrogens (tertiary/aromatic N) is 6. The Hall–Kier alpha value is -3.79. The van der Waals surface area contributed by atoms with Gasteiger partial charge >= 0.3 is 11.8 Å². The first-order chi connectivity index (χ1) is 19.4. The number of carbonyl (C=O) groups excluding carboxylic acids is 2. The summed E-state index contributed by atoms with van der Waals surface area (Å²) < 4.78 is 2.20. The van der Waals surface area contributed by atoms with Crippen molar-refractivity contribution in [2.24, 2.45) is 5.92 Å². The van der Waals surface area contributed by atoms with E-state index >= 15 is 0 Å². The molecule has 10 nitrogen and oxygen atoms in total. The third kappa shape index (κ3) is 6.12. The smallest absolute Gasteiger partial charge is 0.314 e. The van der Waals surface area contributed by atoms with Gasteiger partial charge in [-0.3, -0.25) is 29.3 Å². The summed E-state index contributed by atoms with van der Waals surface area (Å²) in [6.45, 7) is 12.7. The lowest BCUT2D eigenvalue weighted by atomic mass is 9.77. The van der Waals surface area contributed by atoms with E-state index in [4.69, 9.17) is 5.10 Å². The van der Waals surface area contributed by atoms with Crippen molar-refractivity contribution in [3.8, 4) is 0 Å². The summed E-state index contributed by atoms with van der Waals surface area (Å²) in [6, 6.07) is 8.85. The molecule has 0 spiro atoms. The Labute approximate surface area is 241 Å². The number of aromatic nitrogens is 5. The molecule has 2 fully saturated rings. The Kier molecular flexibility index (Phi) is 7.87. The Morgan fingerprint density at radius 2 is 1.76 bits per heavy atom. The first-order valence-corrected chi connectivity index (χ1v) is 14.5. The maximum Gasteiger partial charge on any atom is 0.314 e. The number of piperidine rings is 2. The summed E-state index contributed by atoms with van der Waals surface area (Å²) >= 11 is 0. The van der Waals surface area contributed by atoms with E-state index in [1.54, 1.807) is 17.3 Å². The summed E-state index contributed by atoms with van der Waals surface area (Å²) in [7, 11) is 2.25. The molecule has 5 heterocycles. The molecule has 6 rings (SSSR count). The minimum Gasteiger partial charge on any atom is -0.334 e. The molecule has 41 heavy (non-hydrogen) atoms. The van der Waals surface area contributed by atoms with Gasteiger partial charge in [-0.1, -0.05) is 25.1 Å². The van der Waals surface area contributed by atoms with Crippen LogP contribution in [0.3, 0.4) is 0 Å². The van der Waals surface area contributed by atoms with Crippen molar-refractivity contribution in [1.29, 1.82) is 0 Å². The largest absolute Gasteiger partial charge is 0.334 e. The number of pyridine rings is 1. The Balaban J connectivity index is 0.000000165. The van der Waals surface area contributed by atoms with Gasteiger partial charge in [-0.25, -0.2) is 0 Å². The zero-order valence-electron chi connectivity index (χ0n) is 25.0. The van der Waals surface area contributed by atoms with Gasteiger partial charge in [-0.15, -0.1) is 0 Å². The summed E-state index contributed by atoms with van der Waals surface area (Å²) in [4.78, 5) is 32.5. The molecular weight excluding hydrogens is 516 g/mol. The minimum absolute atomic E-state index is 0.199. The summed E-state index contributed by atoms with van der Waals surface area (Å²) in [5.74, 6) is -0.681. The molecule has 0 radical (unpaired) electrons. The first kappa shape index (κ1) is 28.7. The molecule has 1 atom stereocenters. The lowest BCUT2D eigenvalue weighted by Crippen LogP contribution is -2.58. The first-order valence-electron chi connectivity index (χ1n) is 14.5. The van der Waals surface area contributed by atoms with Crippen molar-refractivity contribution in [2.75, 3.05) is 25.5 Å². The number of fused-ring (bicyclic) bond motifs is 2. The van der Waals surface area contributed by atoms with Crippen LogP contribution in [0.2, 0.25) is 0 Å². The van der Waals surface area contributed by atoms with E-state index in [1.807, 2.05) is 0 Å². The van der Waals surface area contributed by atoms with Gasteiger partial charge in [0.05, 0.1) is 35.2 Å². The highest BCUT2D eigenvalue weighted by Gasteiger charge is 2.43. The van der Waals surface area contributed by atoms with Crippen molar-refractivity contribution >= 4 is 39.3 Å². The van der Waals surface area contributed by atoms with E-state index in [9.17, 15) is 9.59 Å². The van der Waals surface area contributed by atoms with Gasteiger partial charge in [0.25, 0.3) is 0 Å². The molecule has 1 unspecified atom stereocenters. The lowest BCUT2D eigenvalue weighted by molar-refractivity contribution is -0.144. The number of anilines is 1. The molecule has 0 bridgehead atoms. The predicted octanol–water partition coefficient (Wildman–Crippen LogP) is 5.02. The summed E-state index contributed by atoms with van der Waals surface area (Å²) in [5.41, 5.74) is 2.63. The number of hydrogen-bond acceptors (Lipinski definition) is 6. The number of nitrogens with one attached hydrogen (secondary N) is 2. The molecule has 2 aliphatic heterocycles. The van der Waals surface area contributed by atoms with Crippen LogP contribution in [0.5, 0.6) is 0 Å². The molecule has 2 aliphatic rings. The zero-order chi connectivity index (χ0) is 29.4. The maximum absolute atomic E-state index is 12.2. The van der Waals surface area contributed by atoms with Crippen LogP contribution in [-0.4, -0.2) is 77.8 Å². The molecule has 3 aromatic heterocycles. The molecule has 0 aliphatic carbocycles. The SMILES string of the molecule is CC1CCCN(C(=O)C(=O)Nc2cncc3cn[nH]c23)C1.CN1C(C)(C)CC(n2cc3ccccc3n2)CC1(C)C. The van der Waals surface area contributed by atoms with Crippen molar-refractivity contribution in [1.82, 2.24) is 34.8 Å². The Morgan fingerprint density at radius 3 is 2.46 bits per heavy atom. The van der Waals surface area contributed by atoms with Gasteiger partial charge < -0.3 is 10.2 Å². The van der Waals surface area contributed by atoms with Crippen molar-refractivity contribution in [3.63, 3.8) is 0 Å². The fourth-order valence-electron chi connectivity index (χ4n) is 6.33. The number of rotatable bonds is 2. The third-order valence-corrected chi connectivity index (χ3v) is 8.83. The Morgan fingerprint density at radius 1 is 1.02 bits per heavy atom. The number of carbonyl (C=O) groups is 2. The number of H-pyrrole nitrogens is 1. The van der Waals surface area contributed by atoms with Gasteiger partial charge in [-0.2, -0.15) is 10.2 Å². The molecule has 10 heteroatoms. The highest BCUT2D eigenvalue weighted by atomic mass is 16.2. The maximum atomic E-state index is 12.2. The molecule has 218 valence electrons. The molecule has 4 aromatic rings. The average Bonchev–Trinajstić information content (AvgIpc) is 3.59. The second-order valence-corrected chi connectivity index (χ2v) is 12.9. The zero-order valence-corrected chi connectivity index (χ0v) is 25.0. The van der Waals surface area contributed by atoms with Gasteiger partial charge in [-0.05, 0) is 72.4 Å². The van der Waals surface area contributed by atoms with Crippen LogP contribution in [0.4, 0.5) is 5.69 Å². The van der Waals surface area contributed by atoms with Crippen LogP contribution in [-0.2, 0) is 9.59 Å². The van der Waals surface area contributed by atoms with Gasteiger partial charge in [0.15, 0.2) is 0 Å². The molecule has 0 saturated carbocycles. The van der Waals surface area contributed by atoms with E-state index in [0.717, 1.165) is 36.6 Å². The van der Waals surface area contributed by atoms with Crippen molar-refractivity contribution < 1.29 is 9.59 Å². The average molecular weight is 559 g/mol. The van der Waals surface area contributed by atoms with Gasteiger partial charge in [0, 0.05) is 47.3 Å². The van der Waals surface area contributed by atoms with Crippen LogP contribution in [0.25, 0.3) is 21.8 Å². The minimum atomic E-state index is -0.631. The molecule has 2 amide bonds. The second kappa shape index (κ2) is 11.2.